The molecule has 0 fully saturated rings. The minimum Gasteiger partial charge on any atom is -0.352 e. The molecule has 0 saturated carbocycles. The van der Waals surface area contributed by atoms with Crippen molar-refractivity contribution < 1.29 is 18.0 Å². The van der Waals surface area contributed by atoms with Crippen molar-refractivity contribution in [1.82, 2.24) is 10.2 Å². The molecule has 0 aliphatic rings. The fourth-order valence-corrected chi connectivity index (χ4v) is 5.34. The maximum absolute atomic E-state index is 14.0. The summed E-state index contributed by atoms with van der Waals surface area (Å²) in [5, 5.41) is 3.40. The number of halogens is 2. The standard InChI is InChI=1S/C29H33Cl2N3O4S/c1-4-21(2)32-29(36)27(17-22-11-7-5-8-12-22)33(19-23-13-9-6-10-14-23)28(35)20-34(39(3,37)38)26-18-24(30)15-16-25(26)31/h5-16,18,21,27H,4,17,19-20H2,1-3H3,(H,32,36)/t21-,27+/m1/s1. The van der Waals surface area contributed by atoms with Crippen molar-refractivity contribution >= 4 is 50.7 Å². The van der Waals surface area contributed by atoms with Crippen molar-refractivity contribution in [3.63, 3.8) is 0 Å². The molecule has 0 heterocycles. The van der Waals surface area contributed by atoms with E-state index in [2.05, 4.69) is 5.32 Å². The van der Waals surface area contributed by atoms with Crippen molar-refractivity contribution in [1.29, 1.82) is 0 Å². The van der Waals surface area contributed by atoms with Crippen LogP contribution in [0.15, 0.2) is 78.9 Å². The molecule has 0 aliphatic carbocycles. The van der Waals surface area contributed by atoms with Gasteiger partial charge in [0.05, 0.1) is 17.0 Å². The Labute approximate surface area is 240 Å². The highest BCUT2D eigenvalue weighted by atomic mass is 35.5. The Balaban J connectivity index is 2.06. The number of nitrogens with one attached hydrogen (secondary N) is 1. The summed E-state index contributed by atoms with van der Waals surface area (Å²) in [7, 11) is -3.94. The summed E-state index contributed by atoms with van der Waals surface area (Å²) in [6.45, 7) is 3.40. The van der Waals surface area contributed by atoms with E-state index in [9.17, 15) is 18.0 Å². The number of anilines is 1. The molecule has 0 saturated heterocycles. The van der Waals surface area contributed by atoms with Gasteiger partial charge in [0.25, 0.3) is 0 Å². The molecule has 0 aliphatic heterocycles. The van der Waals surface area contributed by atoms with Crippen LogP contribution in [0.4, 0.5) is 5.69 Å². The van der Waals surface area contributed by atoms with Crippen LogP contribution < -0.4 is 9.62 Å². The van der Waals surface area contributed by atoms with Crippen LogP contribution in [0.1, 0.15) is 31.4 Å². The molecule has 208 valence electrons. The molecule has 3 aromatic carbocycles. The lowest BCUT2D eigenvalue weighted by molar-refractivity contribution is -0.140. The Kier molecular flexibility index (Phi) is 10.8. The average molecular weight is 591 g/mol. The Hall–Kier alpha value is -3.07. The van der Waals surface area contributed by atoms with Gasteiger partial charge in [-0.1, -0.05) is 90.8 Å². The first-order valence-corrected chi connectivity index (χ1v) is 15.2. The van der Waals surface area contributed by atoms with Gasteiger partial charge >= 0.3 is 0 Å². The number of benzene rings is 3. The molecule has 1 N–H and O–H groups in total. The molecule has 0 unspecified atom stereocenters. The summed E-state index contributed by atoms with van der Waals surface area (Å²) in [6.07, 6.45) is 1.96. The third-order valence-corrected chi connectivity index (χ3v) is 8.01. The lowest BCUT2D eigenvalue weighted by Gasteiger charge is -2.34. The second-order valence-electron chi connectivity index (χ2n) is 9.40. The molecule has 0 radical (unpaired) electrons. The summed E-state index contributed by atoms with van der Waals surface area (Å²) < 4.78 is 26.7. The third kappa shape index (κ3) is 8.71. The number of carbonyl (C=O) groups excluding carboxylic acids is 2. The molecule has 7 nitrogen and oxygen atoms in total. The zero-order chi connectivity index (χ0) is 28.6. The molecular weight excluding hydrogens is 557 g/mol. The molecule has 0 aromatic heterocycles. The highest BCUT2D eigenvalue weighted by Gasteiger charge is 2.33. The van der Waals surface area contributed by atoms with Crippen LogP contribution in [0, 0.1) is 0 Å². The number of hydrogen-bond donors (Lipinski definition) is 1. The SMILES string of the molecule is CC[C@@H](C)NC(=O)[C@H](Cc1ccccc1)N(Cc1ccccc1)C(=O)CN(c1cc(Cl)ccc1Cl)S(C)(=O)=O. The van der Waals surface area contributed by atoms with Gasteiger partial charge in [-0.15, -0.1) is 0 Å². The van der Waals surface area contributed by atoms with E-state index in [-0.39, 0.29) is 40.6 Å². The van der Waals surface area contributed by atoms with Crippen LogP contribution >= 0.6 is 23.2 Å². The molecule has 2 atom stereocenters. The molecule has 3 rings (SSSR count). The molecule has 39 heavy (non-hydrogen) atoms. The highest BCUT2D eigenvalue weighted by molar-refractivity contribution is 7.92. The van der Waals surface area contributed by atoms with E-state index in [0.717, 1.165) is 21.7 Å². The van der Waals surface area contributed by atoms with E-state index in [0.29, 0.717) is 6.42 Å². The van der Waals surface area contributed by atoms with Crippen LogP contribution in [0.3, 0.4) is 0 Å². The summed E-state index contributed by atoms with van der Waals surface area (Å²) >= 11 is 12.5. The molecule has 0 bridgehead atoms. The monoisotopic (exact) mass is 589 g/mol. The number of sulfonamides is 1. The summed E-state index contributed by atoms with van der Waals surface area (Å²) in [5.41, 5.74) is 1.75. The van der Waals surface area contributed by atoms with Gasteiger partial charge in [0.15, 0.2) is 0 Å². The first kappa shape index (κ1) is 30.5. The number of hydrogen-bond acceptors (Lipinski definition) is 4. The largest absolute Gasteiger partial charge is 0.352 e. The van der Waals surface area contributed by atoms with Crippen LogP contribution in [0.5, 0.6) is 0 Å². The lowest BCUT2D eigenvalue weighted by Crippen LogP contribution is -2.54. The van der Waals surface area contributed by atoms with Crippen molar-refractivity contribution in [3.8, 4) is 0 Å². The highest BCUT2D eigenvalue weighted by Crippen LogP contribution is 2.31. The van der Waals surface area contributed by atoms with Gasteiger partial charge < -0.3 is 10.2 Å². The summed E-state index contributed by atoms with van der Waals surface area (Å²) in [6, 6.07) is 22.1. The van der Waals surface area contributed by atoms with E-state index < -0.39 is 28.5 Å². The molecule has 0 spiro atoms. The van der Waals surface area contributed by atoms with E-state index in [1.807, 2.05) is 74.5 Å². The second-order valence-corrected chi connectivity index (χ2v) is 12.1. The minimum absolute atomic E-state index is 0.0864. The van der Waals surface area contributed by atoms with Crippen molar-refractivity contribution in [2.45, 2.75) is 45.3 Å². The van der Waals surface area contributed by atoms with Crippen LogP contribution in [0.25, 0.3) is 0 Å². The van der Waals surface area contributed by atoms with Gasteiger partial charge in [0.1, 0.15) is 12.6 Å². The van der Waals surface area contributed by atoms with Gasteiger partial charge in [-0.25, -0.2) is 8.42 Å². The predicted octanol–water partition coefficient (Wildman–Crippen LogP) is 5.31. The van der Waals surface area contributed by atoms with E-state index >= 15 is 0 Å². The van der Waals surface area contributed by atoms with Gasteiger partial charge in [-0.05, 0) is 42.7 Å². The summed E-state index contributed by atoms with van der Waals surface area (Å²) in [5.74, 6) is -0.871. The Bertz CT molecular complexity index is 1370. The fourth-order valence-electron chi connectivity index (χ4n) is 4.05. The van der Waals surface area contributed by atoms with Crippen LogP contribution in [-0.4, -0.2) is 50.0 Å². The third-order valence-electron chi connectivity index (χ3n) is 6.32. The second kappa shape index (κ2) is 13.8. The normalized spacial score (nSPS) is 12.8. The molecular formula is C29H33Cl2N3O4S. The number of nitrogens with zero attached hydrogens (tertiary/aromatic N) is 2. The first-order valence-electron chi connectivity index (χ1n) is 12.6. The lowest BCUT2D eigenvalue weighted by atomic mass is 10.0. The molecule has 3 aromatic rings. The maximum atomic E-state index is 14.0. The van der Waals surface area contributed by atoms with Gasteiger partial charge in [-0.2, -0.15) is 0 Å². The smallest absolute Gasteiger partial charge is 0.244 e. The zero-order valence-electron chi connectivity index (χ0n) is 22.2. The van der Waals surface area contributed by atoms with E-state index in [1.165, 1.54) is 23.1 Å². The number of carbonyl (C=O) groups is 2. The number of rotatable bonds is 12. The predicted molar refractivity (Wildman–Crippen MR) is 157 cm³/mol. The average Bonchev–Trinajstić information content (AvgIpc) is 2.91. The zero-order valence-corrected chi connectivity index (χ0v) is 24.5. The topological polar surface area (TPSA) is 86.8 Å². The Morgan fingerprint density at radius 3 is 2.08 bits per heavy atom. The Morgan fingerprint density at radius 1 is 0.923 bits per heavy atom. The fraction of sp³-hybridized carbons (Fsp3) is 0.310. The maximum Gasteiger partial charge on any atom is 0.244 e. The summed E-state index contributed by atoms with van der Waals surface area (Å²) in [4.78, 5) is 29.1. The van der Waals surface area contributed by atoms with Gasteiger partial charge in [-0.3, -0.25) is 13.9 Å². The minimum atomic E-state index is -3.94. The Morgan fingerprint density at radius 2 is 1.51 bits per heavy atom. The van der Waals surface area contributed by atoms with E-state index in [1.54, 1.807) is 0 Å². The quantitative estimate of drug-likeness (QED) is 0.310. The van der Waals surface area contributed by atoms with Crippen molar-refractivity contribution in [3.05, 3.63) is 100 Å². The van der Waals surface area contributed by atoms with Gasteiger partial charge in [0, 0.05) is 24.0 Å². The van der Waals surface area contributed by atoms with E-state index in [4.69, 9.17) is 23.2 Å². The molecule has 10 heteroatoms. The number of amides is 2. The van der Waals surface area contributed by atoms with Crippen LogP contribution in [-0.2, 0) is 32.6 Å². The first-order chi connectivity index (χ1) is 18.5. The van der Waals surface area contributed by atoms with Gasteiger partial charge in [0.2, 0.25) is 21.8 Å². The molecule has 2 amide bonds. The van der Waals surface area contributed by atoms with Crippen molar-refractivity contribution in [2.75, 3.05) is 17.1 Å². The van der Waals surface area contributed by atoms with Crippen molar-refractivity contribution in [2.24, 2.45) is 0 Å². The van der Waals surface area contributed by atoms with Crippen LogP contribution in [0.2, 0.25) is 10.0 Å².